The van der Waals surface area contributed by atoms with Crippen LogP contribution in [0.25, 0.3) is 0 Å². The minimum atomic E-state index is -0.177. The molecule has 136 valence electrons. The lowest BCUT2D eigenvalue weighted by atomic mass is 9.55. The third kappa shape index (κ3) is 2.57. The van der Waals surface area contributed by atoms with Crippen LogP contribution < -0.4 is 4.74 Å². The Morgan fingerprint density at radius 3 is 2.73 bits per heavy atom. The number of likely N-dealkylation sites (tertiary alicyclic amines) is 1. The zero-order valence-corrected chi connectivity index (χ0v) is 15.9. The molecular formula is C23H27NO2. The number of carbonyl (C=O) groups excluding carboxylic acids is 1. The molecular weight excluding hydrogens is 322 g/mol. The lowest BCUT2D eigenvalue weighted by Crippen LogP contribution is -2.58. The Morgan fingerprint density at radius 1 is 1.23 bits per heavy atom. The lowest BCUT2D eigenvalue weighted by Gasteiger charge is -2.55. The first kappa shape index (κ1) is 17.3. The molecule has 1 fully saturated rings. The van der Waals surface area contributed by atoms with Gasteiger partial charge in [-0.3, -0.25) is 4.79 Å². The topological polar surface area (TPSA) is 29.5 Å². The number of benzene rings is 2. The summed E-state index contributed by atoms with van der Waals surface area (Å²) in [4.78, 5) is 14.3. The average molecular weight is 349 g/mol. The molecule has 1 aliphatic heterocycles. The van der Waals surface area contributed by atoms with Crippen molar-refractivity contribution in [1.82, 2.24) is 4.90 Å². The molecule has 2 aromatic carbocycles. The molecule has 3 atom stereocenters. The molecule has 3 nitrogen and oxygen atoms in total. The van der Waals surface area contributed by atoms with Crippen molar-refractivity contribution in [3.8, 4) is 5.75 Å². The van der Waals surface area contributed by atoms with Crippen molar-refractivity contribution in [3.63, 3.8) is 0 Å². The van der Waals surface area contributed by atoms with E-state index in [1.54, 1.807) is 0 Å². The fourth-order valence-electron chi connectivity index (χ4n) is 5.11. The van der Waals surface area contributed by atoms with E-state index in [0.29, 0.717) is 24.1 Å². The van der Waals surface area contributed by atoms with Gasteiger partial charge in [-0.15, -0.1) is 0 Å². The van der Waals surface area contributed by atoms with E-state index in [0.717, 1.165) is 19.4 Å². The SMILES string of the molecule is CCC(=O)Oc1ccc2c(c1)C1(c3ccccc3)CCN(C)C(C2)C1C. The van der Waals surface area contributed by atoms with Gasteiger partial charge in [0, 0.05) is 17.9 Å². The van der Waals surface area contributed by atoms with Gasteiger partial charge in [-0.2, -0.15) is 0 Å². The van der Waals surface area contributed by atoms with Gasteiger partial charge in [0.25, 0.3) is 0 Å². The molecule has 2 bridgehead atoms. The number of fused-ring (bicyclic) bond motifs is 4. The number of hydrogen-bond acceptors (Lipinski definition) is 3. The zero-order chi connectivity index (χ0) is 18.3. The van der Waals surface area contributed by atoms with Crippen molar-refractivity contribution in [3.05, 3.63) is 65.2 Å². The smallest absolute Gasteiger partial charge is 0.310 e. The van der Waals surface area contributed by atoms with Gasteiger partial charge < -0.3 is 9.64 Å². The number of ether oxygens (including phenoxy) is 1. The molecule has 3 unspecified atom stereocenters. The van der Waals surface area contributed by atoms with E-state index < -0.39 is 0 Å². The summed E-state index contributed by atoms with van der Waals surface area (Å²) in [5.41, 5.74) is 4.10. The molecule has 1 heterocycles. The van der Waals surface area contributed by atoms with Crippen LogP contribution in [0.5, 0.6) is 5.75 Å². The quantitative estimate of drug-likeness (QED) is 0.615. The van der Waals surface area contributed by atoms with Crippen LogP contribution in [0, 0.1) is 5.92 Å². The maximum absolute atomic E-state index is 11.8. The Kier molecular flexibility index (Phi) is 4.36. The maximum atomic E-state index is 11.8. The first-order valence-corrected chi connectivity index (χ1v) is 9.66. The molecule has 0 amide bonds. The van der Waals surface area contributed by atoms with E-state index in [1.165, 1.54) is 16.7 Å². The van der Waals surface area contributed by atoms with Crippen molar-refractivity contribution in [2.24, 2.45) is 5.92 Å². The number of carbonyl (C=O) groups is 1. The van der Waals surface area contributed by atoms with Crippen molar-refractivity contribution in [2.75, 3.05) is 13.6 Å². The van der Waals surface area contributed by atoms with Gasteiger partial charge >= 0.3 is 5.97 Å². The molecule has 0 saturated carbocycles. The highest BCUT2D eigenvalue weighted by Gasteiger charge is 2.51. The Balaban J connectivity index is 1.88. The molecule has 2 aliphatic rings. The highest BCUT2D eigenvalue weighted by Crippen LogP contribution is 2.53. The summed E-state index contributed by atoms with van der Waals surface area (Å²) in [6, 6.07) is 17.7. The first-order chi connectivity index (χ1) is 12.6. The number of nitrogens with zero attached hydrogens (tertiary/aromatic N) is 1. The Morgan fingerprint density at radius 2 is 2.00 bits per heavy atom. The fourth-order valence-corrected chi connectivity index (χ4v) is 5.11. The number of esters is 1. The summed E-state index contributed by atoms with van der Waals surface area (Å²) in [5, 5.41) is 0. The number of likely N-dealkylation sites (N-methyl/N-ethyl adjacent to an activating group) is 1. The monoisotopic (exact) mass is 349 g/mol. The second-order valence-corrected chi connectivity index (χ2v) is 7.77. The van der Waals surface area contributed by atoms with E-state index in [4.69, 9.17) is 4.74 Å². The summed E-state index contributed by atoms with van der Waals surface area (Å²) < 4.78 is 5.56. The predicted molar refractivity (Wildman–Crippen MR) is 103 cm³/mol. The van der Waals surface area contributed by atoms with Crippen LogP contribution in [0.3, 0.4) is 0 Å². The predicted octanol–water partition coefficient (Wildman–Crippen LogP) is 4.18. The van der Waals surface area contributed by atoms with Crippen LogP contribution in [0.4, 0.5) is 0 Å². The van der Waals surface area contributed by atoms with Gasteiger partial charge in [-0.05, 0) is 61.2 Å². The van der Waals surface area contributed by atoms with Gasteiger partial charge in [0.1, 0.15) is 5.75 Å². The van der Waals surface area contributed by atoms with Crippen LogP contribution in [-0.2, 0) is 16.6 Å². The van der Waals surface area contributed by atoms with Crippen molar-refractivity contribution >= 4 is 5.97 Å². The normalized spacial score (nSPS) is 27.7. The van der Waals surface area contributed by atoms with Crippen LogP contribution >= 0.6 is 0 Å². The van der Waals surface area contributed by atoms with Crippen molar-refractivity contribution in [2.45, 2.75) is 44.6 Å². The van der Waals surface area contributed by atoms with Crippen LogP contribution in [0.1, 0.15) is 43.4 Å². The summed E-state index contributed by atoms with van der Waals surface area (Å²) in [6.45, 7) is 5.30. The maximum Gasteiger partial charge on any atom is 0.310 e. The summed E-state index contributed by atoms with van der Waals surface area (Å²) in [7, 11) is 2.25. The molecule has 0 N–H and O–H groups in total. The minimum absolute atomic E-state index is 0.0132. The molecule has 1 saturated heterocycles. The van der Waals surface area contributed by atoms with E-state index in [1.807, 2.05) is 13.0 Å². The lowest BCUT2D eigenvalue weighted by molar-refractivity contribution is -0.134. The third-order valence-electron chi connectivity index (χ3n) is 6.58. The third-order valence-corrected chi connectivity index (χ3v) is 6.58. The Labute approximate surface area is 156 Å². The standard InChI is InChI=1S/C23H27NO2/c1-4-22(25)26-19-11-10-17-14-21-16(2)23(20(17)15-19,12-13-24(21)3)18-8-6-5-7-9-18/h5-11,15-16,21H,4,12-14H2,1-3H3. The summed E-state index contributed by atoms with van der Waals surface area (Å²) in [6.07, 6.45) is 2.54. The molecule has 4 rings (SSSR count). The van der Waals surface area contributed by atoms with Gasteiger partial charge in [0.15, 0.2) is 0 Å². The van der Waals surface area contributed by atoms with E-state index in [9.17, 15) is 4.79 Å². The Bertz CT molecular complexity index is 816. The summed E-state index contributed by atoms with van der Waals surface area (Å²) >= 11 is 0. The fraction of sp³-hybridized carbons (Fsp3) is 0.435. The van der Waals surface area contributed by atoms with Gasteiger partial charge in [-0.25, -0.2) is 0 Å². The van der Waals surface area contributed by atoms with E-state index in [-0.39, 0.29) is 11.4 Å². The highest BCUT2D eigenvalue weighted by molar-refractivity contribution is 5.72. The second-order valence-electron chi connectivity index (χ2n) is 7.77. The summed E-state index contributed by atoms with van der Waals surface area (Å²) in [5.74, 6) is 1.01. The van der Waals surface area contributed by atoms with Crippen LogP contribution in [0.15, 0.2) is 48.5 Å². The molecule has 26 heavy (non-hydrogen) atoms. The van der Waals surface area contributed by atoms with Crippen LogP contribution in [-0.4, -0.2) is 30.5 Å². The second kappa shape index (κ2) is 6.55. The molecule has 0 radical (unpaired) electrons. The van der Waals surface area contributed by atoms with Crippen molar-refractivity contribution < 1.29 is 9.53 Å². The van der Waals surface area contributed by atoms with Crippen LogP contribution in [0.2, 0.25) is 0 Å². The first-order valence-electron chi connectivity index (χ1n) is 9.66. The number of hydrogen-bond donors (Lipinski definition) is 0. The zero-order valence-electron chi connectivity index (χ0n) is 15.9. The van der Waals surface area contributed by atoms with E-state index >= 15 is 0 Å². The molecule has 0 spiro atoms. The molecule has 3 heteroatoms. The largest absolute Gasteiger partial charge is 0.427 e. The van der Waals surface area contributed by atoms with E-state index in [2.05, 4.69) is 61.3 Å². The molecule has 1 aliphatic carbocycles. The van der Waals surface area contributed by atoms with Gasteiger partial charge in [-0.1, -0.05) is 50.2 Å². The highest BCUT2D eigenvalue weighted by atomic mass is 16.5. The van der Waals surface area contributed by atoms with Gasteiger partial charge in [0.2, 0.25) is 0 Å². The number of rotatable bonds is 3. The van der Waals surface area contributed by atoms with Gasteiger partial charge in [0.05, 0.1) is 0 Å². The molecule has 0 aromatic heterocycles. The minimum Gasteiger partial charge on any atom is -0.427 e. The number of piperidine rings is 1. The average Bonchev–Trinajstić information content (AvgIpc) is 2.66. The van der Waals surface area contributed by atoms with Crippen molar-refractivity contribution in [1.29, 1.82) is 0 Å². The Hall–Kier alpha value is -2.13. The molecule has 2 aromatic rings.